The summed E-state index contributed by atoms with van der Waals surface area (Å²) in [6.45, 7) is 5.21. The van der Waals surface area contributed by atoms with Crippen LogP contribution < -0.4 is 16.4 Å². The highest BCUT2D eigenvalue weighted by Gasteiger charge is 2.10. The van der Waals surface area contributed by atoms with Gasteiger partial charge < -0.3 is 21.1 Å². The molecule has 4 N–H and O–H groups in total. The zero-order chi connectivity index (χ0) is 19.8. The van der Waals surface area contributed by atoms with Gasteiger partial charge in [0.05, 0.1) is 13.2 Å². The first-order valence-corrected chi connectivity index (χ1v) is 9.38. The maximum atomic E-state index is 12.0. The predicted molar refractivity (Wildman–Crippen MR) is 107 cm³/mol. The molecule has 2 aromatic carbocycles. The fourth-order valence-electron chi connectivity index (χ4n) is 3.04. The number of ether oxygens (including phenoxy) is 1. The summed E-state index contributed by atoms with van der Waals surface area (Å²) in [5, 5.41) is 5.62. The van der Waals surface area contributed by atoms with Gasteiger partial charge in [0.2, 0.25) is 5.91 Å². The van der Waals surface area contributed by atoms with E-state index in [1.54, 1.807) is 18.2 Å². The standard InChI is InChI=1S/C21H26N4O3/c22-20(26)19-3-1-2-18(12-19)14-24-21(27)23-13-16-4-6-17(7-5-16)15-25-8-10-28-11-9-25/h1-7,12H,8-11,13-15H2,(H2,22,26)(H2,23,24,27). The third-order valence-corrected chi connectivity index (χ3v) is 4.65. The van der Waals surface area contributed by atoms with E-state index in [0.29, 0.717) is 18.7 Å². The maximum absolute atomic E-state index is 12.0. The summed E-state index contributed by atoms with van der Waals surface area (Å²) in [6, 6.07) is 14.9. The predicted octanol–water partition coefficient (Wildman–Crippen LogP) is 1.62. The zero-order valence-electron chi connectivity index (χ0n) is 15.8. The first-order valence-electron chi connectivity index (χ1n) is 9.38. The third kappa shape index (κ3) is 6.07. The Hall–Kier alpha value is -2.90. The zero-order valence-corrected chi connectivity index (χ0v) is 15.8. The minimum absolute atomic E-state index is 0.262. The summed E-state index contributed by atoms with van der Waals surface area (Å²) < 4.78 is 5.37. The molecule has 28 heavy (non-hydrogen) atoms. The van der Waals surface area contributed by atoms with Crippen LogP contribution >= 0.6 is 0 Å². The average molecular weight is 382 g/mol. The van der Waals surface area contributed by atoms with Crippen LogP contribution in [-0.2, 0) is 24.4 Å². The van der Waals surface area contributed by atoms with Crippen molar-refractivity contribution in [3.8, 4) is 0 Å². The molecule has 148 valence electrons. The van der Waals surface area contributed by atoms with Crippen LogP contribution in [0.5, 0.6) is 0 Å². The molecule has 0 unspecified atom stereocenters. The average Bonchev–Trinajstić information content (AvgIpc) is 2.73. The quantitative estimate of drug-likeness (QED) is 0.678. The second kappa shape index (κ2) is 9.87. The highest BCUT2D eigenvalue weighted by molar-refractivity contribution is 5.92. The number of rotatable bonds is 7. The van der Waals surface area contributed by atoms with Crippen LogP contribution in [0.15, 0.2) is 48.5 Å². The number of benzene rings is 2. The van der Waals surface area contributed by atoms with Gasteiger partial charge in [0.25, 0.3) is 0 Å². The fourth-order valence-corrected chi connectivity index (χ4v) is 3.04. The number of hydrogen-bond acceptors (Lipinski definition) is 4. The van der Waals surface area contributed by atoms with Crippen LogP contribution in [-0.4, -0.2) is 43.1 Å². The molecule has 1 heterocycles. The van der Waals surface area contributed by atoms with E-state index in [4.69, 9.17) is 10.5 Å². The molecule has 3 rings (SSSR count). The van der Waals surface area contributed by atoms with Crippen molar-refractivity contribution < 1.29 is 14.3 Å². The van der Waals surface area contributed by atoms with Crippen molar-refractivity contribution in [2.24, 2.45) is 5.73 Å². The summed E-state index contributed by atoms with van der Waals surface area (Å²) in [4.78, 5) is 25.6. The molecule has 1 aliphatic rings. The molecule has 0 atom stereocenters. The van der Waals surface area contributed by atoms with Gasteiger partial charge in [-0.3, -0.25) is 9.69 Å². The van der Waals surface area contributed by atoms with Gasteiger partial charge in [-0.25, -0.2) is 4.79 Å². The van der Waals surface area contributed by atoms with Gasteiger partial charge in [0.15, 0.2) is 0 Å². The summed E-state index contributed by atoms with van der Waals surface area (Å²) >= 11 is 0. The second-order valence-corrected chi connectivity index (χ2v) is 6.81. The number of nitrogens with one attached hydrogen (secondary N) is 2. The van der Waals surface area contributed by atoms with E-state index >= 15 is 0 Å². The van der Waals surface area contributed by atoms with Crippen molar-refractivity contribution in [2.45, 2.75) is 19.6 Å². The molecule has 0 aromatic heterocycles. The van der Waals surface area contributed by atoms with Crippen LogP contribution in [0.2, 0.25) is 0 Å². The lowest BCUT2D eigenvalue weighted by molar-refractivity contribution is 0.0342. The van der Waals surface area contributed by atoms with E-state index in [1.807, 2.05) is 18.2 Å². The lowest BCUT2D eigenvalue weighted by Gasteiger charge is -2.26. The molecule has 0 radical (unpaired) electrons. The van der Waals surface area contributed by atoms with E-state index in [1.165, 1.54) is 5.56 Å². The van der Waals surface area contributed by atoms with Gasteiger partial charge in [0.1, 0.15) is 0 Å². The number of hydrogen-bond donors (Lipinski definition) is 3. The summed E-state index contributed by atoms with van der Waals surface area (Å²) in [6.07, 6.45) is 0. The molecule has 1 saturated heterocycles. The number of morpholine rings is 1. The minimum Gasteiger partial charge on any atom is -0.379 e. The van der Waals surface area contributed by atoms with Gasteiger partial charge in [-0.15, -0.1) is 0 Å². The number of nitrogens with zero attached hydrogens (tertiary/aromatic N) is 1. The van der Waals surface area contributed by atoms with Crippen LogP contribution in [0.4, 0.5) is 4.79 Å². The Labute approximate surface area is 164 Å². The van der Waals surface area contributed by atoms with Gasteiger partial charge in [0, 0.05) is 38.3 Å². The summed E-state index contributed by atoms with van der Waals surface area (Å²) in [7, 11) is 0. The number of nitrogens with two attached hydrogens (primary N) is 1. The fraction of sp³-hybridized carbons (Fsp3) is 0.333. The molecule has 0 aliphatic carbocycles. The Morgan fingerprint density at radius 1 is 0.929 bits per heavy atom. The van der Waals surface area contributed by atoms with Gasteiger partial charge in [-0.1, -0.05) is 36.4 Å². The highest BCUT2D eigenvalue weighted by atomic mass is 16.5. The lowest BCUT2D eigenvalue weighted by Crippen LogP contribution is -2.35. The molecular formula is C21H26N4O3. The normalized spacial score (nSPS) is 14.4. The Bertz CT molecular complexity index is 802. The first kappa shape index (κ1) is 19.9. The topological polar surface area (TPSA) is 96.7 Å². The molecular weight excluding hydrogens is 356 g/mol. The molecule has 7 heteroatoms. The van der Waals surface area contributed by atoms with E-state index in [2.05, 4.69) is 27.7 Å². The number of carbonyl (C=O) groups excluding carboxylic acids is 2. The first-order chi connectivity index (χ1) is 13.6. The number of amides is 3. The minimum atomic E-state index is -0.483. The van der Waals surface area contributed by atoms with Gasteiger partial charge in [-0.2, -0.15) is 0 Å². The molecule has 3 amide bonds. The van der Waals surface area contributed by atoms with E-state index in [9.17, 15) is 9.59 Å². The summed E-state index contributed by atoms with van der Waals surface area (Å²) in [5.41, 5.74) is 8.81. The Kier molecular flexibility index (Phi) is 7.00. The number of urea groups is 1. The smallest absolute Gasteiger partial charge is 0.315 e. The van der Waals surface area contributed by atoms with Crippen molar-refractivity contribution >= 4 is 11.9 Å². The van der Waals surface area contributed by atoms with Crippen LogP contribution in [0.3, 0.4) is 0 Å². The van der Waals surface area contributed by atoms with E-state index in [-0.39, 0.29) is 6.03 Å². The Morgan fingerprint density at radius 3 is 2.25 bits per heavy atom. The van der Waals surface area contributed by atoms with Crippen molar-refractivity contribution in [3.05, 3.63) is 70.8 Å². The van der Waals surface area contributed by atoms with Gasteiger partial charge >= 0.3 is 6.03 Å². The molecule has 0 bridgehead atoms. The molecule has 0 spiro atoms. The highest BCUT2D eigenvalue weighted by Crippen LogP contribution is 2.09. The third-order valence-electron chi connectivity index (χ3n) is 4.65. The van der Waals surface area contributed by atoms with E-state index < -0.39 is 5.91 Å². The molecule has 7 nitrogen and oxygen atoms in total. The Balaban J connectivity index is 1.41. The van der Waals surface area contributed by atoms with Gasteiger partial charge in [-0.05, 0) is 28.8 Å². The molecule has 1 aliphatic heterocycles. The molecule has 0 saturated carbocycles. The maximum Gasteiger partial charge on any atom is 0.315 e. The van der Waals surface area contributed by atoms with Crippen LogP contribution in [0, 0.1) is 0 Å². The van der Waals surface area contributed by atoms with Crippen molar-refractivity contribution in [1.82, 2.24) is 15.5 Å². The van der Waals surface area contributed by atoms with Crippen LogP contribution in [0.25, 0.3) is 0 Å². The monoisotopic (exact) mass is 382 g/mol. The SMILES string of the molecule is NC(=O)c1cccc(CNC(=O)NCc2ccc(CN3CCOCC3)cc2)c1. The number of primary amides is 1. The second-order valence-electron chi connectivity index (χ2n) is 6.81. The molecule has 2 aromatic rings. The van der Waals surface area contributed by atoms with E-state index in [0.717, 1.165) is 44.0 Å². The number of carbonyl (C=O) groups is 2. The molecule has 1 fully saturated rings. The van der Waals surface area contributed by atoms with Crippen LogP contribution in [0.1, 0.15) is 27.0 Å². The van der Waals surface area contributed by atoms with Crippen molar-refractivity contribution in [3.63, 3.8) is 0 Å². The summed E-state index contributed by atoms with van der Waals surface area (Å²) in [5.74, 6) is -0.483. The van der Waals surface area contributed by atoms with Crippen molar-refractivity contribution in [1.29, 1.82) is 0 Å². The van der Waals surface area contributed by atoms with Crippen molar-refractivity contribution in [2.75, 3.05) is 26.3 Å². The lowest BCUT2D eigenvalue weighted by atomic mass is 10.1. The largest absolute Gasteiger partial charge is 0.379 e. The Morgan fingerprint density at radius 2 is 1.57 bits per heavy atom.